The molecular weight excluding hydrogens is 320 g/mol. The maximum atomic E-state index is 12.6. The van der Waals surface area contributed by atoms with E-state index in [1.807, 2.05) is 67.3 Å². The van der Waals surface area contributed by atoms with E-state index in [9.17, 15) is 4.79 Å². The summed E-state index contributed by atoms with van der Waals surface area (Å²) in [5.41, 5.74) is 2.11. The maximum absolute atomic E-state index is 12.6. The number of carbonyl (C=O) groups excluding carboxylic acids is 1. The number of hydrogen-bond donors (Lipinski definition) is 0. The van der Waals surface area contributed by atoms with Crippen LogP contribution in [0.4, 0.5) is 5.69 Å². The molecule has 2 aromatic rings. The number of amides is 1. The molecule has 0 aliphatic heterocycles. The Morgan fingerprint density at radius 1 is 0.923 bits per heavy atom. The molecule has 0 N–H and O–H groups in total. The summed E-state index contributed by atoms with van der Waals surface area (Å²) < 4.78 is 1.07. The van der Waals surface area contributed by atoms with Crippen molar-refractivity contribution in [2.75, 3.05) is 32.6 Å². The molecule has 0 aromatic heterocycles. The molecular formula is C23H35N2O+. The van der Waals surface area contributed by atoms with Crippen molar-refractivity contribution >= 4 is 11.6 Å². The molecule has 0 spiro atoms. The Bertz CT molecular complexity index is 632. The molecule has 0 radical (unpaired) electrons. The van der Waals surface area contributed by atoms with E-state index in [1.165, 1.54) is 6.54 Å². The minimum atomic E-state index is 0.0407. The van der Waals surface area contributed by atoms with Crippen LogP contribution in [0.2, 0.25) is 0 Å². The molecule has 26 heavy (non-hydrogen) atoms. The van der Waals surface area contributed by atoms with Crippen molar-refractivity contribution in [3.8, 4) is 0 Å². The zero-order chi connectivity index (χ0) is 19.6. The van der Waals surface area contributed by atoms with Crippen molar-refractivity contribution in [2.24, 2.45) is 5.92 Å². The van der Waals surface area contributed by atoms with Crippen molar-refractivity contribution in [1.29, 1.82) is 0 Å². The van der Waals surface area contributed by atoms with Gasteiger partial charge in [0.1, 0.15) is 0 Å². The molecule has 1 amide bonds. The number of anilines is 1. The Kier molecular flexibility index (Phi) is 9.08. The normalized spacial score (nSPS) is 11.9. The van der Waals surface area contributed by atoms with E-state index in [4.69, 9.17) is 0 Å². The van der Waals surface area contributed by atoms with E-state index in [0.717, 1.165) is 22.2 Å². The van der Waals surface area contributed by atoms with Gasteiger partial charge in [-0.15, -0.1) is 0 Å². The van der Waals surface area contributed by atoms with Crippen LogP contribution >= 0.6 is 0 Å². The van der Waals surface area contributed by atoms with Crippen LogP contribution in [0.3, 0.4) is 0 Å². The molecule has 3 nitrogen and oxygen atoms in total. The molecule has 0 fully saturated rings. The van der Waals surface area contributed by atoms with E-state index in [1.54, 1.807) is 0 Å². The van der Waals surface area contributed by atoms with Crippen LogP contribution in [0.1, 0.15) is 32.8 Å². The summed E-state index contributed by atoms with van der Waals surface area (Å²) >= 11 is 0. The number of rotatable bonds is 6. The Balaban J connectivity index is 0.000000487. The second-order valence-electron chi connectivity index (χ2n) is 7.66. The first kappa shape index (κ1) is 21.9. The van der Waals surface area contributed by atoms with E-state index in [-0.39, 0.29) is 11.8 Å². The predicted molar refractivity (Wildman–Crippen MR) is 112 cm³/mol. The summed E-state index contributed by atoms with van der Waals surface area (Å²) in [6.45, 7) is 8.05. The lowest BCUT2D eigenvalue weighted by atomic mass is 10.1. The number of carbonyl (C=O) groups is 1. The Hall–Kier alpha value is -2.13. The van der Waals surface area contributed by atoms with Gasteiger partial charge in [0.05, 0.1) is 34.2 Å². The predicted octanol–water partition coefficient (Wildman–Crippen LogP) is 4.98. The SMILES string of the molecule is CCC(C)C(=O)N(Cc1ccccc1)c1ccccc1.CC[N+](C)(C)C. The molecule has 0 aliphatic carbocycles. The van der Waals surface area contributed by atoms with Gasteiger partial charge >= 0.3 is 0 Å². The molecule has 1 unspecified atom stereocenters. The fourth-order valence-corrected chi connectivity index (χ4v) is 2.11. The minimum absolute atomic E-state index is 0.0407. The highest BCUT2D eigenvalue weighted by molar-refractivity contribution is 5.94. The van der Waals surface area contributed by atoms with Gasteiger partial charge in [-0.2, -0.15) is 0 Å². The van der Waals surface area contributed by atoms with Crippen LogP contribution in [0.5, 0.6) is 0 Å². The van der Waals surface area contributed by atoms with Gasteiger partial charge in [0.25, 0.3) is 0 Å². The van der Waals surface area contributed by atoms with Crippen molar-refractivity contribution in [3.63, 3.8) is 0 Å². The molecule has 0 saturated heterocycles. The number of nitrogens with zero attached hydrogens (tertiary/aromatic N) is 2. The molecule has 0 aliphatic rings. The molecule has 1 atom stereocenters. The highest BCUT2D eigenvalue weighted by Crippen LogP contribution is 2.20. The van der Waals surface area contributed by atoms with Gasteiger partial charge in [-0.1, -0.05) is 62.4 Å². The van der Waals surface area contributed by atoms with Gasteiger partial charge in [-0.05, 0) is 31.0 Å². The van der Waals surface area contributed by atoms with Crippen LogP contribution in [0, 0.1) is 5.92 Å². The summed E-state index contributed by atoms with van der Waals surface area (Å²) in [7, 11) is 6.54. The first-order valence-electron chi connectivity index (χ1n) is 9.49. The van der Waals surface area contributed by atoms with Gasteiger partial charge in [0, 0.05) is 11.6 Å². The molecule has 2 aromatic carbocycles. The number of para-hydroxylation sites is 1. The average Bonchev–Trinajstić information content (AvgIpc) is 2.66. The maximum Gasteiger partial charge on any atom is 0.230 e. The van der Waals surface area contributed by atoms with Crippen molar-refractivity contribution in [3.05, 3.63) is 66.2 Å². The molecule has 0 heterocycles. The van der Waals surface area contributed by atoms with Crippen LogP contribution in [0.25, 0.3) is 0 Å². The fraction of sp³-hybridized carbons (Fsp3) is 0.435. The lowest BCUT2D eigenvalue weighted by Gasteiger charge is -2.25. The topological polar surface area (TPSA) is 20.3 Å². The smallest absolute Gasteiger partial charge is 0.230 e. The molecule has 3 heteroatoms. The summed E-state index contributed by atoms with van der Waals surface area (Å²) in [6, 6.07) is 20.0. The number of hydrogen-bond acceptors (Lipinski definition) is 1. The van der Waals surface area contributed by atoms with E-state index in [0.29, 0.717) is 6.54 Å². The lowest BCUT2D eigenvalue weighted by Crippen LogP contribution is -2.34. The summed E-state index contributed by atoms with van der Waals surface area (Å²) in [6.07, 6.45) is 0.858. The molecule has 142 valence electrons. The quantitative estimate of drug-likeness (QED) is 0.669. The summed E-state index contributed by atoms with van der Waals surface area (Å²) in [5, 5.41) is 0. The van der Waals surface area contributed by atoms with Gasteiger partial charge in [0.15, 0.2) is 0 Å². The second-order valence-corrected chi connectivity index (χ2v) is 7.66. The van der Waals surface area contributed by atoms with Crippen molar-refractivity contribution in [2.45, 2.75) is 33.7 Å². The third kappa shape index (κ3) is 7.83. The summed E-state index contributed by atoms with van der Waals surface area (Å²) in [4.78, 5) is 14.5. The van der Waals surface area contributed by atoms with Crippen molar-refractivity contribution in [1.82, 2.24) is 0 Å². The standard InChI is InChI=1S/C18H21NO.C5H14N/c1-3-15(2)18(20)19(17-12-8-5-9-13-17)14-16-10-6-4-7-11-16;1-5-6(2,3)4/h4-13,15H,3,14H2,1-2H3;5H2,1-4H3/q;+1. The van der Waals surface area contributed by atoms with Gasteiger partial charge < -0.3 is 9.38 Å². The van der Waals surface area contributed by atoms with Gasteiger partial charge in [-0.3, -0.25) is 4.79 Å². The first-order valence-corrected chi connectivity index (χ1v) is 9.49. The number of quaternary nitrogens is 1. The largest absolute Gasteiger partial charge is 0.331 e. The third-order valence-electron chi connectivity index (χ3n) is 4.50. The van der Waals surface area contributed by atoms with Gasteiger partial charge in [-0.25, -0.2) is 0 Å². The molecule has 0 bridgehead atoms. The second kappa shape index (κ2) is 10.8. The molecule has 2 rings (SSSR count). The van der Waals surface area contributed by atoms with Crippen molar-refractivity contribution < 1.29 is 9.28 Å². The van der Waals surface area contributed by atoms with Crippen LogP contribution in [0.15, 0.2) is 60.7 Å². The van der Waals surface area contributed by atoms with E-state index >= 15 is 0 Å². The zero-order valence-electron chi connectivity index (χ0n) is 17.3. The highest BCUT2D eigenvalue weighted by Gasteiger charge is 2.20. The number of benzene rings is 2. The fourth-order valence-electron chi connectivity index (χ4n) is 2.11. The van der Waals surface area contributed by atoms with Gasteiger partial charge in [0.2, 0.25) is 5.91 Å². The zero-order valence-corrected chi connectivity index (χ0v) is 17.3. The third-order valence-corrected chi connectivity index (χ3v) is 4.50. The Morgan fingerprint density at radius 2 is 1.38 bits per heavy atom. The highest BCUT2D eigenvalue weighted by atomic mass is 16.2. The minimum Gasteiger partial charge on any atom is -0.331 e. The summed E-state index contributed by atoms with van der Waals surface area (Å²) in [5.74, 6) is 0.224. The van der Waals surface area contributed by atoms with E-state index < -0.39 is 0 Å². The average molecular weight is 356 g/mol. The lowest BCUT2D eigenvalue weighted by molar-refractivity contribution is -0.868. The Morgan fingerprint density at radius 3 is 1.81 bits per heavy atom. The van der Waals surface area contributed by atoms with Crippen LogP contribution < -0.4 is 4.90 Å². The van der Waals surface area contributed by atoms with E-state index in [2.05, 4.69) is 40.2 Å². The molecule has 0 saturated carbocycles. The first-order chi connectivity index (χ1) is 12.3. The monoisotopic (exact) mass is 355 g/mol. The van der Waals surface area contributed by atoms with Crippen LogP contribution in [-0.2, 0) is 11.3 Å². The van der Waals surface area contributed by atoms with Crippen LogP contribution in [-0.4, -0.2) is 38.1 Å². The Labute approximate surface area is 159 Å².